The van der Waals surface area contributed by atoms with Gasteiger partial charge in [-0.3, -0.25) is 14.5 Å². The molecule has 0 saturated carbocycles. The molecular weight excluding hydrogens is 413 g/mol. The second-order valence-corrected chi connectivity index (χ2v) is 8.05. The Bertz CT molecular complexity index is 1030. The number of amides is 2. The molecule has 0 bridgehead atoms. The molecule has 0 unspecified atom stereocenters. The number of amidine groups is 1. The standard InChI is InChI=1S/C24H24FN3O2S/c1-4-27(15-17(2)3)22(29)16-31-24-26-21(14-18-8-6-5-7-9-18)23(30)28(24)20-12-10-19(25)11-13-20/h5-14H,2,4,15-16H2,1,3H3/b21-14-. The van der Waals surface area contributed by atoms with Gasteiger partial charge in [0.25, 0.3) is 5.91 Å². The van der Waals surface area contributed by atoms with Gasteiger partial charge < -0.3 is 4.90 Å². The summed E-state index contributed by atoms with van der Waals surface area (Å²) in [4.78, 5) is 33.4. The number of benzene rings is 2. The molecule has 160 valence electrons. The van der Waals surface area contributed by atoms with E-state index in [2.05, 4.69) is 11.6 Å². The molecule has 1 heterocycles. The van der Waals surface area contributed by atoms with Gasteiger partial charge in [-0.1, -0.05) is 54.2 Å². The Morgan fingerprint density at radius 3 is 2.48 bits per heavy atom. The summed E-state index contributed by atoms with van der Waals surface area (Å²) in [5, 5.41) is 0.388. The summed E-state index contributed by atoms with van der Waals surface area (Å²) in [6, 6.07) is 15.0. The quantitative estimate of drug-likeness (QED) is 0.465. The van der Waals surface area contributed by atoms with Gasteiger partial charge in [0.15, 0.2) is 5.17 Å². The highest BCUT2D eigenvalue weighted by molar-refractivity contribution is 8.14. The molecule has 0 saturated heterocycles. The lowest BCUT2D eigenvalue weighted by Gasteiger charge is -2.22. The number of nitrogens with zero attached hydrogens (tertiary/aromatic N) is 3. The number of likely N-dealkylation sites (N-methyl/N-ethyl adjacent to an activating group) is 1. The van der Waals surface area contributed by atoms with Gasteiger partial charge in [-0.2, -0.15) is 0 Å². The van der Waals surface area contributed by atoms with Crippen molar-refractivity contribution >= 4 is 40.5 Å². The molecule has 0 spiro atoms. The fourth-order valence-electron chi connectivity index (χ4n) is 3.04. The number of anilines is 1. The van der Waals surface area contributed by atoms with Gasteiger partial charge in [0.1, 0.15) is 11.5 Å². The number of hydrogen-bond donors (Lipinski definition) is 0. The van der Waals surface area contributed by atoms with E-state index < -0.39 is 5.82 Å². The monoisotopic (exact) mass is 437 g/mol. The third kappa shape index (κ3) is 5.70. The van der Waals surface area contributed by atoms with Crippen LogP contribution in [0.4, 0.5) is 10.1 Å². The smallest absolute Gasteiger partial charge is 0.283 e. The van der Waals surface area contributed by atoms with Gasteiger partial charge in [-0.15, -0.1) is 0 Å². The van der Waals surface area contributed by atoms with Crippen molar-refractivity contribution in [1.82, 2.24) is 4.90 Å². The van der Waals surface area contributed by atoms with Crippen molar-refractivity contribution in [2.75, 3.05) is 23.7 Å². The first-order valence-electron chi connectivity index (χ1n) is 9.89. The van der Waals surface area contributed by atoms with Crippen LogP contribution in [0.5, 0.6) is 0 Å². The molecule has 7 heteroatoms. The number of carbonyl (C=O) groups is 2. The highest BCUT2D eigenvalue weighted by atomic mass is 32.2. The van der Waals surface area contributed by atoms with Crippen LogP contribution in [0.3, 0.4) is 0 Å². The van der Waals surface area contributed by atoms with Crippen molar-refractivity contribution in [1.29, 1.82) is 0 Å². The van der Waals surface area contributed by atoms with Gasteiger partial charge >= 0.3 is 0 Å². The van der Waals surface area contributed by atoms with Crippen LogP contribution in [-0.4, -0.2) is 40.7 Å². The Kier molecular flexibility index (Phi) is 7.41. The molecule has 0 aliphatic carbocycles. The van der Waals surface area contributed by atoms with Gasteiger partial charge in [-0.25, -0.2) is 9.38 Å². The molecular formula is C24H24FN3O2S. The van der Waals surface area contributed by atoms with E-state index in [1.807, 2.05) is 44.2 Å². The van der Waals surface area contributed by atoms with Crippen molar-refractivity contribution in [3.8, 4) is 0 Å². The normalized spacial score (nSPS) is 14.7. The molecule has 2 amide bonds. The number of rotatable bonds is 7. The predicted octanol–water partition coefficient (Wildman–Crippen LogP) is 4.73. The number of halogens is 1. The maximum Gasteiger partial charge on any atom is 0.283 e. The van der Waals surface area contributed by atoms with E-state index in [9.17, 15) is 14.0 Å². The summed E-state index contributed by atoms with van der Waals surface area (Å²) in [6.45, 7) is 8.71. The van der Waals surface area contributed by atoms with Crippen molar-refractivity contribution < 1.29 is 14.0 Å². The molecule has 2 aromatic rings. The number of aliphatic imine (C=N–C) groups is 1. The highest BCUT2D eigenvalue weighted by Gasteiger charge is 2.32. The first kappa shape index (κ1) is 22.5. The first-order valence-corrected chi connectivity index (χ1v) is 10.9. The average molecular weight is 438 g/mol. The molecule has 1 aliphatic heterocycles. The second-order valence-electron chi connectivity index (χ2n) is 7.11. The highest BCUT2D eigenvalue weighted by Crippen LogP contribution is 2.29. The Labute approximate surface area is 186 Å². The van der Waals surface area contributed by atoms with Crippen LogP contribution in [-0.2, 0) is 9.59 Å². The Balaban J connectivity index is 1.87. The minimum absolute atomic E-state index is 0.0646. The second kappa shape index (κ2) is 10.2. The van der Waals surface area contributed by atoms with Gasteiger partial charge in [-0.05, 0) is 49.8 Å². The molecule has 0 radical (unpaired) electrons. The lowest BCUT2D eigenvalue weighted by atomic mass is 10.2. The SMILES string of the molecule is C=C(C)CN(CC)C(=O)CSC1=N/C(=C\c2ccccc2)C(=O)N1c1ccc(F)cc1. The van der Waals surface area contributed by atoms with Crippen molar-refractivity contribution in [2.24, 2.45) is 4.99 Å². The van der Waals surface area contributed by atoms with Crippen molar-refractivity contribution in [3.63, 3.8) is 0 Å². The molecule has 0 fully saturated rings. The van der Waals surface area contributed by atoms with Crippen LogP contribution in [0.2, 0.25) is 0 Å². The minimum atomic E-state index is -0.393. The Morgan fingerprint density at radius 1 is 1.19 bits per heavy atom. The summed E-state index contributed by atoms with van der Waals surface area (Å²) < 4.78 is 13.4. The summed E-state index contributed by atoms with van der Waals surface area (Å²) >= 11 is 1.19. The van der Waals surface area contributed by atoms with E-state index in [0.717, 1.165) is 11.1 Å². The van der Waals surface area contributed by atoms with Crippen LogP contribution in [0.15, 0.2) is 77.4 Å². The lowest BCUT2D eigenvalue weighted by molar-refractivity contribution is -0.127. The summed E-state index contributed by atoms with van der Waals surface area (Å²) in [6.07, 6.45) is 1.70. The van der Waals surface area contributed by atoms with Crippen LogP contribution < -0.4 is 4.90 Å². The maximum absolute atomic E-state index is 13.4. The van der Waals surface area contributed by atoms with Crippen LogP contribution >= 0.6 is 11.8 Å². The largest absolute Gasteiger partial charge is 0.338 e. The molecule has 31 heavy (non-hydrogen) atoms. The van der Waals surface area contributed by atoms with Crippen LogP contribution in [0.25, 0.3) is 6.08 Å². The fraction of sp³-hybridized carbons (Fsp3) is 0.208. The minimum Gasteiger partial charge on any atom is -0.338 e. The number of carbonyl (C=O) groups excluding carboxylic acids is 2. The number of hydrogen-bond acceptors (Lipinski definition) is 4. The Hall–Kier alpha value is -3.19. The van der Waals surface area contributed by atoms with E-state index in [-0.39, 0.29) is 23.3 Å². The molecule has 0 atom stereocenters. The summed E-state index contributed by atoms with van der Waals surface area (Å²) in [5.41, 5.74) is 2.50. The van der Waals surface area contributed by atoms with Crippen LogP contribution in [0.1, 0.15) is 19.4 Å². The van der Waals surface area contributed by atoms with Gasteiger partial charge in [0.2, 0.25) is 5.91 Å². The molecule has 2 aromatic carbocycles. The lowest BCUT2D eigenvalue weighted by Crippen LogP contribution is -2.35. The van der Waals surface area contributed by atoms with E-state index in [4.69, 9.17) is 0 Å². The van der Waals surface area contributed by atoms with E-state index >= 15 is 0 Å². The summed E-state index contributed by atoms with van der Waals surface area (Å²) in [5.74, 6) is -0.649. The molecule has 1 aliphatic rings. The zero-order valence-electron chi connectivity index (χ0n) is 17.5. The topological polar surface area (TPSA) is 53.0 Å². The van der Waals surface area contributed by atoms with Crippen molar-refractivity contribution in [2.45, 2.75) is 13.8 Å². The Morgan fingerprint density at radius 2 is 1.87 bits per heavy atom. The average Bonchev–Trinajstić information content (AvgIpc) is 3.06. The van der Waals surface area contributed by atoms with E-state index in [1.165, 1.54) is 40.9 Å². The van der Waals surface area contributed by atoms with E-state index in [0.29, 0.717) is 23.9 Å². The molecule has 5 nitrogen and oxygen atoms in total. The molecule has 0 aromatic heterocycles. The van der Waals surface area contributed by atoms with Crippen molar-refractivity contribution in [3.05, 3.63) is 83.8 Å². The van der Waals surface area contributed by atoms with E-state index in [1.54, 1.807) is 11.0 Å². The maximum atomic E-state index is 13.4. The molecule has 0 N–H and O–H groups in total. The fourth-order valence-corrected chi connectivity index (χ4v) is 3.95. The van der Waals surface area contributed by atoms with Crippen LogP contribution in [0, 0.1) is 5.82 Å². The first-order chi connectivity index (χ1) is 14.9. The summed E-state index contributed by atoms with van der Waals surface area (Å²) in [7, 11) is 0. The number of thioether (sulfide) groups is 1. The third-order valence-corrected chi connectivity index (χ3v) is 5.46. The van der Waals surface area contributed by atoms with Gasteiger partial charge in [0.05, 0.1) is 11.4 Å². The predicted molar refractivity (Wildman–Crippen MR) is 125 cm³/mol. The zero-order chi connectivity index (χ0) is 22.4. The molecule has 3 rings (SSSR count). The third-order valence-electron chi connectivity index (χ3n) is 4.54. The zero-order valence-corrected chi connectivity index (χ0v) is 18.4. The van der Waals surface area contributed by atoms with Gasteiger partial charge in [0, 0.05) is 13.1 Å².